The molecule has 0 unspecified atom stereocenters. The minimum Gasteiger partial charge on any atom is -0.392 e. The van der Waals surface area contributed by atoms with Crippen LogP contribution < -0.4 is 5.32 Å². The first-order valence-electron chi connectivity index (χ1n) is 6.95. The average Bonchev–Trinajstić information content (AvgIpc) is 2.75. The normalized spacial score (nSPS) is 19.1. The molecule has 2 N–H and O–H groups in total. The summed E-state index contributed by atoms with van der Waals surface area (Å²) < 4.78 is 2.32. The Morgan fingerprint density at radius 2 is 2.26 bits per heavy atom. The summed E-state index contributed by atoms with van der Waals surface area (Å²) in [6.45, 7) is 8.52. The first kappa shape index (κ1) is 12.6. The van der Waals surface area contributed by atoms with Crippen molar-refractivity contribution >= 4 is 11.0 Å². The standard InChI is InChI=1S/C15H21N3O/c1-9(2)14-15-17-12-7-11(8-19)10(3)6-13(12)18(15)5-4-16-14/h6-7,9,14,16,19H,4-5,8H2,1-3H3/t14-/m1/s1. The SMILES string of the molecule is Cc1cc2c(cc1CO)nc1n2CCN[C@@H]1C(C)C. The lowest BCUT2D eigenvalue weighted by atomic mass is 10.0. The number of aromatic nitrogens is 2. The molecule has 1 aliphatic rings. The van der Waals surface area contributed by atoms with E-state index in [9.17, 15) is 5.11 Å². The van der Waals surface area contributed by atoms with Crippen molar-refractivity contribution in [3.8, 4) is 0 Å². The van der Waals surface area contributed by atoms with Gasteiger partial charge in [0.1, 0.15) is 5.82 Å². The Morgan fingerprint density at radius 1 is 1.47 bits per heavy atom. The number of aryl methyl sites for hydroxylation is 1. The lowest BCUT2D eigenvalue weighted by Gasteiger charge is -2.28. The van der Waals surface area contributed by atoms with Gasteiger partial charge in [-0.3, -0.25) is 0 Å². The molecule has 1 aromatic carbocycles. The molecule has 0 bridgehead atoms. The predicted molar refractivity (Wildman–Crippen MR) is 76.0 cm³/mol. The number of hydrogen-bond acceptors (Lipinski definition) is 3. The lowest BCUT2D eigenvalue weighted by Crippen LogP contribution is -2.36. The van der Waals surface area contributed by atoms with E-state index in [-0.39, 0.29) is 6.61 Å². The predicted octanol–water partition coefficient (Wildman–Crippen LogP) is 2.14. The quantitative estimate of drug-likeness (QED) is 0.868. The Morgan fingerprint density at radius 3 is 2.95 bits per heavy atom. The number of imidazole rings is 1. The summed E-state index contributed by atoms with van der Waals surface area (Å²) in [6, 6.07) is 4.49. The molecule has 19 heavy (non-hydrogen) atoms. The number of benzene rings is 1. The summed E-state index contributed by atoms with van der Waals surface area (Å²) in [5, 5.41) is 12.9. The number of aliphatic hydroxyl groups is 1. The highest BCUT2D eigenvalue weighted by Crippen LogP contribution is 2.29. The summed E-state index contributed by atoms with van der Waals surface area (Å²) in [4.78, 5) is 4.80. The highest BCUT2D eigenvalue weighted by Gasteiger charge is 2.26. The first-order valence-corrected chi connectivity index (χ1v) is 6.95. The van der Waals surface area contributed by atoms with Crippen LogP contribution >= 0.6 is 0 Å². The monoisotopic (exact) mass is 259 g/mol. The second-order valence-electron chi connectivity index (χ2n) is 5.72. The molecule has 0 saturated heterocycles. The molecule has 2 heterocycles. The Labute approximate surface area is 113 Å². The van der Waals surface area contributed by atoms with E-state index in [1.165, 1.54) is 5.52 Å². The van der Waals surface area contributed by atoms with Gasteiger partial charge >= 0.3 is 0 Å². The molecule has 1 atom stereocenters. The minimum atomic E-state index is 0.0792. The van der Waals surface area contributed by atoms with Crippen LogP contribution in [0.3, 0.4) is 0 Å². The fourth-order valence-corrected chi connectivity index (χ4v) is 2.94. The molecular formula is C15H21N3O. The zero-order valence-corrected chi connectivity index (χ0v) is 11.8. The van der Waals surface area contributed by atoms with E-state index in [1.807, 2.05) is 13.0 Å². The van der Waals surface area contributed by atoms with Crippen LogP contribution in [0.1, 0.15) is 36.8 Å². The molecule has 2 aromatic rings. The number of nitrogens with zero attached hydrogens (tertiary/aromatic N) is 2. The summed E-state index contributed by atoms with van der Waals surface area (Å²) in [5.74, 6) is 1.65. The lowest BCUT2D eigenvalue weighted by molar-refractivity contribution is 0.281. The maximum absolute atomic E-state index is 9.37. The number of nitrogens with one attached hydrogen (secondary N) is 1. The van der Waals surface area contributed by atoms with Crippen molar-refractivity contribution in [1.82, 2.24) is 14.9 Å². The highest BCUT2D eigenvalue weighted by atomic mass is 16.3. The summed E-state index contributed by atoms with van der Waals surface area (Å²) >= 11 is 0. The van der Waals surface area contributed by atoms with Gasteiger partial charge in [-0.05, 0) is 36.1 Å². The van der Waals surface area contributed by atoms with Crippen LogP contribution in [0, 0.1) is 12.8 Å². The smallest absolute Gasteiger partial charge is 0.127 e. The largest absolute Gasteiger partial charge is 0.392 e. The van der Waals surface area contributed by atoms with Crippen molar-refractivity contribution in [3.05, 3.63) is 29.1 Å². The third-order valence-electron chi connectivity index (χ3n) is 4.05. The van der Waals surface area contributed by atoms with E-state index >= 15 is 0 Å². The van der Waals surface area contributed by atoms with Crippen LogP contribution in [0.25, 0.3) is 11.0 Å². The molecule has 0 amide bonds. The fourth-order valence-electron chi connectivity index (χ4n) is 2.94. The van der Waals surface area contributed by atoms with Crippen molar-refractivity contribution in [3.63, 3.8) is 0 Å². The van der Waals surface area contributed by atoms with Crippen molar-refractivity contribution in [2.45, 2.75) is 40.0 Å². The van der Waals surface area contributed by atoms with Crippen LogP contribution in [0.15, 0.2) is 12.1 Å². The number of hydrogen-bond donors (Lipinski definition) is 2. The molecule has 4 heteroatoms. The van der Waals surface area contributed by atoms with Gasteiger partial charge in [0.2, 0.25) is 0 Å². The van der Waals surface area contributed by atoms with Gasteiger partial charge in [-0.2, -0.15) is 0 Å². The zero-order chi connectivity index (χ0) is 13.6. The Balaban J connectivity index is 2.21. The van der Waals surface area contributed by atoms with Crippen LogP contribution in [0.2, 0.25) is 0 Å². The number of aliphatic hydroxyl groups excluding tert-OH is 1. The minimum absolute atomic E-state index is 0.0792. The molecule has 102 valence electrons. The third kappa shape index (κ3) is 1.95. The van der Waals surface area contributed by atoms with Gasteiger partial charge in [0.05, 0.1) is 23.7 Å². The van der Waals surface area contributed by atoms with Crippen molar-refractivity contribution in [1.29, 1.82) is 0 Å². The topological polar surface area (TPSA) is 50.1 Å². The van der Waals surface area contributed by atoms with Crippen molar-refractivity contribution in [2.75, 3.05) is 6.54 Å². The van der Waals surface area contributed by atoms with E-state index < -0.39 is 0 Å². The van der Waals surface area contributed by atoms with E-state index in [1.54, 1.807) is 0 Å². The van der Waals surface area contributed by atoms with Crippen LogP contribution in [-0.4, -0.2) is 21.2 Å². The van der Waals surface area contributed by atoms with Gasteiger partial charge < -0.3 is 15.0 Å². The molecule has 1 aromatic heterocycles. The molecule has 1 aliphatic heterocycles. The van der Waals surface area contributed by atoms with E-state index in [0.717, 1.165) is 35.6 Å². The maximum atomic E-state index is 9.37. The van der Waals surface area contributed by atoms with E-state index in [2.05, 4.69) is 29.8 Å². The summed E-state index contributed by atoms with van der Waals surface area (Å²) in [7, 11) is 0. The molecule has 0 fully saturated rings. The van der Waals surface area contributed by atoms with Gasteiger partial charge in [-0.1, -0.05) is 13.8 Å². The highest BCUT2D eigenvalue weighted by molar-refractivity contribution is 5.78. The molecule has 4 nitrogen and oxygen atoms in total. The van der Waals surface area contributed by atoms with E-state index in [4.69, 9.17) is 4.98 Å². The Kier molecular flexibility index (Phi) is 3.07. The van der Waals surface area contributed by atoms with Crippen LogP contribution in [0.5, 0.6) is 0 Å². The first-order chi connectivity index (χ1) is 9.11. The van der Waals surface area contributed by atoms with Gasteiger partial charge in [0.15, 0.2) is 0 Å². The fraction of sp³-hybridized carbons (Fsp3) is 0.533. The van der Waals surface area contributed by atoms with Crippen molar-refractivity contribution < 1.29 is 5.11 Å². The van der Waals surface area contributed by atoms with Crippen molar-refractivity contribution in [2.24, 2.45) is 5.92 Å². The Bertz CT molecular complexity index is 615. The molecule has 0 saturated carbocycles. The average molecular weight is 259 g/mol. The maximum Gasteiger partial charge on any atom is 0.127 e. The van der Waals surface area contributed by atoms with Gasteiger partial charge in [0, 0.05) is 13.1 Å². The van der Waals surface area contributed by atoms with Gasteiger partial charge in [0.25, 0.3) is 0 Å². The number of rotatable bonds is 2. The molecule has 0 spiro atoms. The second kappa shape index (κ2) is 4.62. The molecular weight excluding hydrogens is 238 g/mol. The second-order valence-corrected chi connectivity index (χ2v) is 5.72. The van der Waals surface area contributed by atoms with Gasteiger partial charge in [-0.25, -0.2) is 4.98 Å². The van der Waals surface area contributed by atoms with E-state index in [0.29, 0.717) is 12.0 Å². The zero-order valence-electron chi connectivity index (χ0n) is 11.8. The van der Waals surface area contributed by atoms with Crippen LogP contribution in [0.4, 0.5) is 0 Å². The van der Waals surface area contributed by atoms with Crippen LogP contribution in [-0.2, 0) is 13.2 Å². The molecule has 3 rings (SSSR count). The summed E-state index contributed by atoms with van der Waals surface area (Å²) in [5.41, 5.74) is 4.30. The third-order valence-corrected chi connectivity index (χ3v) is 4.05. The molecule has 0 radical (unpaired) electrons. The molecule has 0 aliphatic carbocycles. The number of fused-ring (bicyclic) bond motifs is 3. The summed E-state index contributed by atoms with van der Waals surface area (Å²) in [6.07, 6.45) is 0. The Hall–Kier alpha value is -1.39. The van der Waals surface area contributed by atoms with Gasteiger partial charge in [-0.15, -0.1) is 0 Å².